The van der Waals surface area contributed by atoms with E-state index in [1.165, 1.54) is 10.9 Å². The second-order valence-electron chi connectivity index (χ2n) is 5.13. The lowest BCUT2D eigenvalue weighted by atomic mass is 10.1. The van der Waals surface area contributed by atoms with Crippen LogP contribution in [0, 0.1) is 0 Å². The molecular weight excluding hydrogens is 292 g/mol. The summed E-state index contributed by atoms with van der Waals surface area (Å²) in [4.78, 5) is 19.5. The van der Waals surface area contributed by atoms with E-state index in [0.29, 0.717) is 6.54 Å². The summed E-state index contributed by atoms with van der Waals surface area (Å²) in [5.41, 5.74) is 5.83. The number of hydrogen-bond acceptors (Lipinski definition) is 4. The number of carbonyl (C=O) groups is 1. The Morgan fingerprint density at radius 2 is 1.83 bits per heavy atom. The molecule has 0 spiro atoms. The number of fused-ring (bicyclic) bond motifs is 1. The molecule has 3 aromatic rings. The van der Waals surface area contributed by atoms with Gasteiger partial charge in [0.15, 0.2) is 0 Å². The average Bonchev–Trinajstić information content (AvgIpc) is 3.01. The van der Waals surface area contributed by atoms with Gasteiger partial charge in [-0.05, 0) is 23.6 Å². The lowest BCUT2D eigenvalue weighted by molar-refractivity contribution is 0.0126. The number of aromatic amines is 1. The van der Waals surface area contributed by atoms with Gasteiger partial charge in [-0.3, -0.25) is 0 Å². The Morgan fingerprint density at radius 3 is 2.70 bits per heavy atom. The molecule has 0 aliphatic heterocycles. The molecule has 0 amide bonds. The summed E-state index contributed by atoms with van der Waals surface area (Å²) in [6, 6.07) is 17.6. The third-order valence-electron chi connectivity index (χ3n) is 3.53. The smallest absolute Gasteiger partial charge is 0.428 e. The van der Waals surface area contributed by atoms with Crippen molar-refractivity contribution in [2.75, 3.05) is 6.54 Å². The molecule has 5 nitrogen and oxygen atoms in total. The molecule has 23 heavy (non-hydrogen) atoms. The van der Waals surface area contributed by atoms with E-state index < -0.39 is 6.16 Å². The van der Waals surface area contributed by atoms with Gasteiger partial charge in [-0.2, -0.15) is 0 Å². The molecule has 0 aliphatic rings. The van der Waals surface area contributed by atoms with E-state index in [4.69, 9.17) is 9.57 Å². The van der Waals surface area contributed by atoms with Crippen LogP contribution in [0.15, 0.2) is 60.8 Å². The van der Waals surface area contributed by atoms with Crippen LogP contribution in [0.4, 0.5) is 4.79 Å². The number of benzene rings is 2. The number of para-hydroxylation sites is 1. The second-order valence-corrected chi connectivity index (χ2v) is 5.13. The average molecular weight is 310 g/mol. The van der Waals surface area contributed by atoms with Gasteiger partial charge < -0.3 is 14.6 Å². The van der Waals surface area contributed by atoms with Gasteiger partial charge >= 0.3 is 6.16 Å². The summed E-state index contributed by atoms with van der Waals surface area (Å²) in [7, 11) is 0. The van der Waals surface area contributed by atoms with E-state index in [2.05, 4.69) is 16.5 Å². The fraction of sp³-hybridized carbons (Fsp3) is 0.167. The van der Waals surface area contributed by atoms with Crippen molar-refractivity contribution < 1.29 is 14.4 Å². The molecule has 5 heteroatoms. The van der Waals surface area contributed by atoms with E-state index >= 15 is 0 Å². The van der Waals surface area contributed by atoms with Gasteiger partial charge in [0, 0.05) is 23.6 Å². The topological polar surface area (TPSA) is 63.4 Å². The number of aromatic nitrogens is 1. The van der Waals surface area contributed by atoms with E-state index in [1.807, 2.05) is 54.7 Å². The number of hydrogen-bond donors (Lipinski definition) is 2. The first-order valence-corrected chi connectivity index (χ1v) is 7.48. The van der Waals surface area contributed by atoms with Crippen molar-refractivity contribution in [2.45, 2.75) is 13.0 Å². The van der Waals surface area contributed by atoms with Gasteiger partial charge in [-0.1, -0.05) is 48.5 Å². The Morgan fingerprint density at radius 1 is 1.04 bits per heavy atom. The summed E-state index contributed by atoms with van der Waals surface area (Å²) in [5.74, 6) is 0. The molecule has 3 rings (SSSR count). The highest BCUT2D eigenvalue weighted by atomic mass is 16.8. The Labute approximate surface area is 134 Å². The van der Waals surface area contributed by atoms with Crippen LogP contribution in [0.1, 0.15) is 11.1 Å². The Hall–Kier alpha value is -2.79. The molecule has 118 valence electrons. The number of rotatable bonds is 6. The Kier molecular flexibility index (Phi) is 4.91. The van der Waals surface area contributed by atoms with Crippen molar-refractivity contribution >= 4 is 17.1 Å². The normalized spacial score (nSPS) is 10.6. The standard InChI is InChI=1S/C18H18N2O3/c21-18(22-13-14-6-2-1-3-7-14)23-20-11-10-15-12-19-17-9-5-4-8-16(15)17/h1-9,12,19-20H,10-11,13H2. The minimum absolute atomic E-state index is 0.198. The fourth-order valence-corrected chi connectivity index (χ4v) is 2.38. The molecule has 0 saturated carbocycles. The molecule has 2 aromatic carbocycles. The minimum Gasteiger partial charge on any atom is -0.428 e. The van der Waals surface area contributed by atoms with Gasteiger partial charge in [0.05, 0.1) is 0 Å². The largest absolute Gasteiger partial charge is 0.528 e. The zero-order chi connectivity index (χ0) is 15.9. The van der Waals surface area contributed by atoms with E-state index in [0.717, 1.165) is 17.5 Å². The Balaban J connectivity index is 1.39. The lowest BCUT2D eigenvalue weighted by Crippen LogP contribution is -2.22. The SMILES string of the molecule is O=C(OCc1ccccc1)ONCCc1c[nH]c2ccccc12. The minimum atomic E-state index is -0.729. The van der Waals surface area contributed by atoms with Gasteiger partial charge in [0.2, 0.25) is 0 Å². The van der Waals surface area contributed by atoms with E-state index in [9.17, 15) is 4.79 Å². The number of carbonyl (C=O) groups excluding carboxylic acids is 1. The molecule has 0 bridgehead atoms. The highest BCUT2D eigenvalue weighted by molar-refractivity contribution is 5.83. The van der Waals surface area contributed by atoms with Crippen LogP contribution >= 0.6 is 0 Å². The van der Waals surface area contributed by atoms with Crippen molar-refractivity contribution in [1.82, 2.24) is 10.5 Å². The summed E-state index contributed by atoms with van der Waals surface area (Å²) in [5, 5.41) is 1.18. The maximum Gasteiger partial charge on any atom is 0.528 e. The summed E-state index contributed by atoms with van der Waals surface area (Å²) in [6.07, 6.45) is 1.99. The van der Waals surface area contributed by atoms with Gasteiger partial charge in [0.25, 0.3) is 0 Å². The van der Waals surface area contributed by atoms with Crippen LogP contribution in [0.25, 0.3) is 10.9 Å². The maximum absolute atomic E-state index is 11.5. The quantitative estimate of drug-likeness (QED) is 0.415. The fourth-order valence-electron chi connectivity index (χ4n) is 2.38. The Bertz CT molecular complexity index is 768. The van der Waals surface area contributed by atoms with E-state index in [1.54, 1.807) is 0 Å². The molecule has 0 radical (unpaired) electrons. The predicted octanol–water partition coefficient (Wildman–Crippen LogP) is 3.57. The molecule has 0 unspecified atom stereocenters. The predicted molar refractivity (Wildman–Crippen MR) is 87.7 cm³/mol. The first kappa shape index (κ1) is 15.1. The third-order valence-corrected chi connectivity index (χ3v) is 3.53. The monoisotopic (exact) mass is 310 g/mol. The van der Waals surface area contributed by atoms with Crippen LogP contribution < -0.4 is 5.48 Å². The number of nitrogens with one attached hydrogen (secondary N) is 2. The molecule has 0 aliphatic carbocycles. The summed E-state index contributed by atoms with van der Waals surface area (Å²) in [6.45, 7) is 0.714. The molecule has 1 aromatic heterocycles. The zero-order valence-corrected chi connectivity index (χ0v) is 12.6. The van der Waals surface area contributed by atoms with Crippen molar-refractivity contribution in [2.24, 2.45) is 0 Å². The number of hydroxylamine groups is 1. The summed E-state index contributed by atoms with van der Waals surface area (Å²) < 4.78 is 5.01. The van der Waals surface area contributed by atoms with Crippen LogP contribution in [0.3, 0.4) is 0 Å². The van der Waals surface area contributed by atoms with Crippen LogP contribution in [-0.4, -0.2) is 17.7 Å². The highest BCUT2D eigenvalue weighted by Gasteiger charge is 2.06. The van der Waals surface area contributed by atoms with Crippen molar-refractivity contribution in [3.05, 3.63) is 71.9 Å². The van der Waals surface area contributed by atoms with Gasteiger partial charge in [-0.15, -0.1) is 5.48 Å². The van der Waals surface area contributed by atoms with Gasteiger partial charge in [-0.25, -0.2) is 4.79 Å². The number of ether oxygens (including phenoxy) is 1. The molecule has 0 fully saturated rings. The van der Waals surface area contributed by atoms with Crippen molar-refractivity contribution in [1.29, 1.82) is 0 Å². The molecule has 1 heterocycles. The molecule has 0 atom stereocenters. The van der Waals surface area contributed by atoms with Crippen LogP contribution in [0.5, 0.6) is 0 Å². The first-order chi connectivity index (χ1) is 11.3. The van der Waals surface area contributed by atoms with E-state index in [-0.39, 0.29) is 6.61 Å². The zero-order valence-electron chi connectivity index (χ0n) is 12.6. The second kappa shape index (κ2) is 7.47. The molecular formula is C18H18N2O3. The maximum atomic E-state index is 11.5. The lowest BCUT2D eigenvalue weighted by Gasteiger charge is -2.06. The highest BCUT2D eigenvalue weighted by Crippen LogP contribution is 2.17. The van der Waals surface area contributed by atoms with Crippen molar-refractivity contribution in [3.63, 3.8) is 0 Å². The van der Waals surface area contributed by atoms with Gasteiger partial charge in [0.1, 0.15) is 6.61 Å². The molecule has 0 saturated heterocycles. The molecule has 2 N–H and O–H groups in total. The third kappa shape index (κ3) is 4.11. The van der Waals surface area contributed by atoms with Crippen molar-refractivity contribution in [3.8, 4) is 0 Å². The number of H-pyrrole nitrogens is 1. The first-order valence-electron chi connectivity index (χ1n) is 7.48. The van der Waals surface area contributed by atoms with Crippen LogP contribution in [-0.2, 0) is 22.6 Å². The summed E-state index contributed by atoms with van der Waals surface area (Å²) >= 11 is 0. The van der Waals surface area contributed by atoms with Crippen LogP contribution in [0.2, 0.25) is 0 Å².